The zero-order chi connectivity index (χ0) is 18.2. The Labute approximate surface area is 144 Å². The number of hydrogen-bond donors (Lipinski definition) is 1. The van der Waals surface area contributed by atoms with Crippen LogP contribution in [0.1, 0.15) is 12.0 Å². The van der Waals surface area contributed by atoms with Gasteiger partial charge in [-0.25, -0.2) is 17.2 Å². The van der Waals surface area contributed by atoms with Crippen molar-refractivity contribution in [3.05, 3.63) is 59.7 Å². The minimum atomic E-state index is -4.16. The number of halogens is 2. The van der Waals surface area contributed by atoms with Gasteiger partial charge in [-0.15, -0.1) is 0 Å². The van der Waals surface area contributed by atoms with E-state index in [0.29, 0.717) is 11.3 Å². The lowest BCUT2D eigenvalue weighted by Gasteiger charge is -2.18. The van der Waals surface area contributed by atoms with E-state index in [1.807, 2.05) is 0 Å². The first-order valence-corrected chi connectivity index (χ1v) is 9.12. The average Bonchev–Trinajstić information content (AvgIpc) is 2.91. The number of nitrogens with zero attached hydrogens (tertiary/aromatic N) is 1. The third-order valence-corrected chi connectivity index (χ3v) is 5.59. The molecule has 1 saturated heterocycles. The molecule has 8 heteroatoms. The van der Waals surface area contributed by atoms with Gasteiger partial charge in [0, 0.05) is 12.2 Å². The van der Waals surface area contributed by atoms with Crippen molar-refractivity contribution in [3.63, 3.8) is 0 Å². The van der Waals surface area contributed by atoms with E-state index >= 15 is 0 Å². The van der Waals surface area contributed by atoms with Crippen molar-refractivity contribution in [3.8, 4) is 0 Å². The van der Waals surface area contributed by atoms with Gasteiger partial charge in [0.25, 0.3) is 0 Å². The van der Waals surface area contributed by atoms with E-state index in [1.165, 1.54) is 35.2 Å². The molecule has 2 aromatic rings. The molecule has 1 aliphatic rings. The highest BCUT2D eigenvalue weighted by Gasteiger charge is 2.36. The summed E-state index contributed by atoms with van der Waals surface area (Å²) >= 11 is 0. The van der Waals surface area contributed by atoms with Crippen molar-refractivity contribution in [2.45, 2.75) is 24.3 Å². The highest BCUT2D eigenvalue weighted by molar-refractivity contribution is 7.89. The number of rotatable bonds is 4. The van der Waals surface area contributed by atoms with Crippen molar-refractivity contribution in [2.75, 3.05) is 11.4 Å². The van der Waals surface area contributed by atoms with Crippen LogP contribution in [0.2, 0.25) is 0 Å². The van der Waals surface area contributed by atoms with E-state index in [4.69, 9.17) is 0 Å². The predicted octanol–water partition coefficient (Wildman–Crippen LogP) is 2.36. The molecule has 0 unspecified atom stereocenters. The van der Waals surface area contributed by atoms with Gasteiger partial charge in [0.2, 0.25) is 15.9 Å². The van der Waals surface area contributed by atoms with Crippen LogP contribution in [-0.4, -0.2) is 26.9 Å². The fourth-order valence-corrected chi connectivity index (χ4v) is 4.06. The van der Waals surface area contributed by atoms with Gasteiger partial charge in [0.15, 0.2) is 0 Å². The summed E-state index contributed by atoms with van der Waals surface area (Å²) in [6.45, 7) is 1.87. The van der Waals surface area contributed by atoms with E-state index in [2.05, 4.69) is 4.72 Å². The van der Waals surface area contributed by atoms with E-state index in [0.717, 1.165) is 12.1 Å². The minimum absolute atomic E-state index is 0.239. The molecule has 25 heavy (non-hydrogen) atoms. The third-order valence-electron chi connectivity index (χ3n) is 4.08. The summed E-state index contributed by atoms with van der Waals surface area (Å²) in [5, 5.41) is 0. The average molecular weight is 366 g/mol. The normalized spacial score (nSPS) is 18.0. The topological polar surface area (TPSA) is 66.5 Å². The van der Waals surface area contributed by atoms with Gasteiger partial charge >= 0.3 is 0 Å². The summed E-state index contributed by atoms with van der Waals surface area (Å²) in [7, 11) is -4.16. The lowest BCUT2D eigenvalue weighted by molar-refractivity contribution is -0.118. The maximum Gasteiger partial charge on any atom is 0.245 e. The SMILES string of the molecule is Cc1cc(N2CC[C@@H](NS(=O)(=O)c3ccccc3F)C2=O)ccc1F. The molecular weight excluding hydrogens is 350 g/mol. The lowest BCUT2D eigenvalue weighted by atomic mass is 10.2. The van der Waals surface area contributed by atoms with Crippen LogP contribution < -0.4 is 9.62 Å². The van der Waals surface area contributed by atoms with Crippen molar-refractivity contribution >= 4 is 21.6 Å². The molecule has 0 spiro atoms. The maximum atomic E-state index is 13.7. The molecule has 1 fully saturated rings. The smallest absolute Gasteiger partial charge is 0.245 e. The van der Waals surface area contributed by atoms with Gasteiger partial charge in [-0.05, 0) is 49.2 Å². The fraction of sp³-hybridized carbons (Fsp3) is 0.235. The summed E-state index contributed by atoms with van der Waals surface area (Å²) < 4.78 is 54.0. The monoisotopic (exact) mass is 366 g/mol. The number of hydrogen-bond acceptors (Lipinski definition) is 3. The van der Waals surface area contributed by atoms with Crippen LogP contribution in [0.15, 0.2) is 47.4 Å². The van der Waals surface area contributed by atoms with Crippen molar-refractivity contribution in [1.82, 2.24) is 4.72 Å². The highest BCUT2D eigenvalue weighted by atomic mass is 32.2. The van der Waals surface area contributed by atoms with Crippen molar-refractivity contribution in [1.29, 1.82) is 0 Å². The Balaban J connectivity index is 1.80. The molecule has 132 valence electrons. The van der Waals surface area contributed by atoms with Crippen LogP contribution in [0.25, 0.3) is 0 Å². The van der Waals surface area contributed by atoms with Gasteiger partial charge in [0.1, 0.15) is 22.6 Å². The second kappa shape index (κ2) is 6.53. The first-order chi connectivity index (χ1) is 11.8. The third kappa shape index (κ3) is 3.40. The van der Waals surface area contributed by atoms with Crippen LogP contribution in [0, 0.1) is 18.6 Å². The van der Waals surface area contributed by atoms with Crippen LogP contribution in [0.4, 0.5) is 14.5 Å². The number of aryl methyl sites for hydroxylation is 1. The van der Waals surface area contributed by atoms with Gasteiger partial charge in [-0.2, -0.15) is 4.72 Å². The number of benzene rings is 2. The zero-order valence-electron chi connectivity index (χ0n) is 13.4. The predicted molar refractivity (Wildman–Crippen MR) is 88.6 cm³/mol. The maximum absolute atomic E-state index is 13.7. The molecule has 0 saturated carbocycles. The molecule has 1 aliphatic heterocycles. The van der Waals surface area contributed by atoms with Gasteiger partial charge < -0.3 is 4.90 Å². The molecular formula is C17H16F2N2O3S. The highest BCUT2D eigenvalue weighted by Crippen LogP contribution is 2.25. The second-order valence-corrected chi connectivity index (χ2v) is 7.50. The van der Waals surface area contributed by atoms with E-state index in [9.17, 15) is 22.0 Å². The van der Waals surface area contributed by atoms with Crippen molar-refractivity contribution < 1.29 is 22.0 Å². The quantitative estimate of drug-likeness (QED) is 0.903. The van der Waals surface area contributed by atoms with E-state index in [1.54, 1.807) is 6.92 Å². The molecule has 3 rings (SSSR count). The van der Waals surface area contributed by atoms with Crippen LogP contribution >= 0.6 is 0 Å². The summed E-state index contributed by atoms with van der Waals surface area (Å²) in [6, 6.07) is 8.23. The summed E-state index contributed by atoms with van der Waals surface area (Å²) in [6.07, 6.45) is 0.239. The molecule has 1 heterocycles. The van der Waals surface area contributed by atoms with Crippen molar-refractivity contribution in [2.24, 2.45) is 0 Å². The molecule has 0 aromatic heterocycles. The van der Waals surface area contributed by atoms with E-state index in [-0.39, 0.29) is 18.8 Å². The first-order valence-electron chi connectivity index (χ1n) is 7.64. The zero-order valence-corrected chi connectivity index (χ0v) is 14.2. The Morgan fingerprint density at radius 3 is 2.52 bits per heavy atom. The second-order valence-electron chi connectivity index (χ2n) is 5.82. The Kier molecular flexibility index (Phi) is 4.57. The largest absolute Gasteiger partial charge is 0.311 e. The molecule has 1 N–H and O–H groups in total. The molecule has 0 aliphatic carbocycles. The lowest BCUT2D eigenvalue weighted by Crippen LogP contribution is -2.41. The number of sulfonamides is 1. The minimum Gasteiger partial charge on any atom is -0.311 e. The number of anilines is 1. The Hall–Kier alpha value is -2.32. The standard InChI is InChI=1S/C17H16F2N2O3S/c1-11-10-12(6-7-13(11)18)21-9-8-15(17(21)22)20-25(23,24)16-5-3-2-4-14(16)19/h2-7,10,15,20H,8-9H2,1H3/t15-/m1/s1. The van der Waals surface area contributed by atoms with Crippen LogP contribution in [0.5, 0.6) is 0 Å². The van der Waals surface area contributed by atoms with Gasteiger partial charge in [-0.1, -0.05) is 12.1 Å². The summed E-state index contributed by atoms with van der Waals surface area (Å²) in [5.41, 5.74) is 0.886. The Morgan fingerprint density at radius 1 is 1.12 bits per heavy atom. The van der Waals surface area contributed by atoms with Crippen LogP contribution in [-0.2, 0) is 14.8 Å². The summed E-state index contributed by atoms with van der Waals surface area (Å²) in [4.78, 5) is 13.4. The molecule has 5 nitrogen and oxygen atoms in total. The van der Waals surface area contributed by atoms with Gasteiger partial charge in [-0.3, -0.25) is 4.79 Å². The Bertz CT molecular complexity index is 931. The van der Waals surface area contributed by atoms with Crippen LogP contribution in [0.3, 0.4) is 0 Å². The molecule has 1 atom stereocenters. The molecule has 1 amide bonds. The number of amides is 1. The first kappa shape index (κ1) is 17.5. The molecule has 2 aromatic carbocycles. The Morgan fingerprint density at radius 2 is 1.84 bits per heavy atom. The summed E-state index contributed by atoms with van der Waals surface area (Å²) in [5.74, 6) is -1.72. The van der Waals surface area contributed by atoms with Gasteiger partial charge in [0.05, 0.1) is 0 Å². The number of carbonyl (C=O) groups excluding carboxylic acids is 1. The number of carbonyl (C=O) groups is 1. The molecule has 0 bridgehead atoms. The fourth-order valence-electron chi connectivity index (χ4n) is 2.76. The van der Waals surface area contributed by atoms with E-state index < -0.39 is 32.7 Å². The molecule has 0 radical (unpaired) electrons. The number of nitrogens with one attached hydrogen (secondary N) is 1.